The Labute approximate surface area is 127 Å². The van der Waals surface area contributed by atoms with Crippen LogP contribution in [0, 0.1) is 0 Å². The van der Waals surface area contributed by atoms with Crippen LogP contribution in [0.4, 0.5) is 0 Å². The summed E-state index contributed by atoms with van der Waals surface area (Å²) in [6, 6.07) is 19.6. The highest BCUT2D eigenvalue weighted by Gasteiger charge is 2.23. The molecule has 3 rings (SSSR count). The quantitative estimate of drug-likeness (QED) is 0.777. The zero-order valence-corrected chi connectivity index (χ0v) is 11.7. The molecule has 6 heteroatoms. The molecule has 0 unspecified atom stereocenters. The van der Waals surface area contributed by atoms with E-state index in [1.807, 2.05) is 60.7 Å². The van der Waals surface area contributed by atoms with Crippen LogP contribution in [0.5, 0.6) is 0 Å². The molecule has 0 aliphatic heterocycles. The van der Waals surface area contributed by atoms with Crippen molar-refractivity contribution in [1.82, 2.24) is 20.2 Å². The van der Waals surface area contributed by atoms with E-state index in [-0.39, 0.29) is 12.5 Å². The molecule has 0 spiro atoms. The van der Waals surface area contributed by atoms with E-state index in [0.29, 0.717) is 5.82 Å². The molecule has 2 aromatic carbocycles. The van der Waals surface area contributed by atoms with Gasteiger partial charge in [0.15, 0.2) is 5.82 Å². The van der Waals surface area contributed by atoms with Gasteiger partial charge in [0.05, 0.1) is 5.92 Å². The van der Waals surface area contributed by atoms with Crippen molar-refractivity contribution in [1.29, 1.82) is 0 Å². The van der Waals surface area contributed by atoms with E-state index in [1.165, 1.54) is 4.68 Å². The Hall–Kier alpha value is -3.02. The Bertz CT molecular complexity index is 717. The molecule has 1 N–H and O–H groups in total. The SMILES string of the molecule is O=C(O)Cn1nnnc1C(c1ccccc1)c1ccccc1. The highest BCUT2D eigenvalue weighted by Crippen LogP contribution is 2.29. The molecule has 0 saturated carbocycles. The van der Waals surface area contributed by atoms with Crippen molar-refractivity contribution in [3.05, 3.63) is 77.6 Å². The van der Waals surface area contributed by atoms with Gasteiger partial charge in [0.25, 0.3) is 0 Å². The number of hydrogen-bond donors (Lipinski definition) is 1. The molecule has 1 heterocycles. The molecule has 0 saturated heterocycles. The second-order valence-corrected chi connectivity index (χ2v) is 4.84. The molecule has 0 aliphatic carbocycles. The van der Waals surface area contributed by atoms with Gasteiger partial charge in [0, 0.05) is 0 Å². The first-order valence-electron chi connectivity index (χ1n) is 6.83. The first-order valence-corrected chi connectivity index (χ1v) is 6.83. The molecule has 0 aliphatic rings. The van der Waals surface area contributed by atoms with Crippen molar-refractivity contribution in [3.8, 4) is 0 Å². The molecule has 0 radical (unpaired) electrons. The molecule has 0 bridgehead atoms. The van der Waals surface area contributed by atoms with Gasteiger partial charge in [-0.05, 0) is 21.6 Å². The number of hydrogen-bond acceptors (Lipinski definition) is 4. The molecular formula is C16H14N4O2. The first-order chi connectivity index (χ1) is 10.8. The number of aliphatic carboxylic acids is 1. The summed E-state index contributed by atoms with van der Waals surface area (Å²) in [6.45, 7) is -0.265. The predicted octanol–water partition coefficient (Wildman–Crippen LogP) is 1.94. The Morgan fingerprint density at radius 3 is 2.05 bits per heavy atom. The number of benzene rings is 2. The van der Waals surface area contributed by atoms with Crippen LogP contribution in [0.25, 0.3) is 0 Å². The lowest BCUT2D eigenvalue weighted by Gasteiger charge is -2.17. The maximum atomic E-state index is 11.0. The standard InChI is InChI=1S/C16H14N4O2/c21-14(22)11-20-16(17-18-19-20)15(12-7-3-1-4-8-12)13-9-5-2-6-10-13/h1-10,15H,11H2,(H,21,22). The largest absolute Gasteiger partial charge is 0.480 e. The minimum atomic E-state index is -0.978. The average Bonchev–Trinajstić information content (AvgIpc) is 2.97. The summed E-state index contributed by atoms with van der Waals surface area (Å²) in [4.78, 5) is 11.0. The van der Waals surface area contributed by atoms with Crippen LogP contribution in [0.15, 0.2) is 60.7 Å². The third-order valence-electron chi connectivity index (χ3n) is 3.37. The van der Waals surface area contributed by atoms with Gasteiger partial charge in [-0.2, -0.15) is 0 Å². The van der Waals surface area contributed by atoms with E-state index >= 15 is 0 Å². The van der Waals surface area contributed by atoms with E-state index in [9.17, 15) is 4.79 Å². The smallest absolute Gasteiger partial charge is 0.325 e. The minimum absolute atomic E-state index is 0.211. The van der Waals surface area contributed by atoms with Crippen LogP contribution in [-0.2, 0) is 11.3 Å². The molecule has 0 fully saturated rings. The molecule has 3 aromatic rings. The zero-order valence-electron chi connectivity index (χ0n) is 11.7. The third kappa shape index (κ3) is 2.85. The van der Waals surface area contributed by atoms with E-state index < -0.39 is 5.97 Å². The van der Waals surface area contributed by atoms with Crippen LogP contribution in [0.1, 0.15) is 22.9 Å². The van der Waals surface area contributed by atoms with Gasteiger partial charge in [-0.3, -0.25) is 4.79 Å². The number of carbonyl (C=O) groups is 1. The first kappa shape index (κ1) is 13.9. The number of tetrazole rings is 1. The molecule has 110 valence electrons. The zero-order chi connectivity index (χ0) is 15.4. The molecule has 0 atom stereocenters. The van der Waals surface area contributed by atoms with Gasteiger partial charge in [0.2, 0.25) is 0 Å². The second-order valence-electron chi connectivity index (χ2n) is 4.84. The lowest BCUT2D eigenvalue weighted by molar-refractivity contribution is -0.138. The van der Waals surface area contributed by atoms with E-state index in [2.05, 4.69) is 15.5 Å². The molecular weight excluding hydrogens is 280 g/mol. The number of carboxylic acid groups (broad SMARTS) is 1. The van der Waals surface area contributed by atoms with Crippen molar-refractivity contribution in [2.24, 2.45) is 0 Å². The summed E-state index contributed by atoms with van der Waals surface area (Å²) >= 11 is 0. The molecule has 6 nitrogen and oxygen atoms in total. The summed E-state index contributed by atoms with van der Waals surface area (Å²) in [7, 11) is 0. The summed E-state index contributed by atoms with van der Waals surface area (Å²) in [6.07, 6.45) is 0. The maximum Gasteiger partial charge on any atom is 0.325 e. The fraction of sp³-hybridized carbons (Fsp3) is 0.125. The van der Waals surface area contributed by atoms with E-state index in [4.69, 9.17) is 5.11 Å². The van der Waals surface area contributed by atoms with Crippen molar-refractivity contribution in [3.63, 3.8) is 0 Å². The molecule has 0 amide bonds. The van der Waals surface area contributed by atoms with Crippen molar-refractivity contribution in [2.45, 2.75) is 12.5 Å². The molecule has 1 aromatic heterocycles. The fourth-order valence-corrected chi connectivity index (χ4v) is 2.44. The lowest BCUT2D eigenvalue weighted by atomic mass is 9.90. The Kier molecular flexibility index (Phi) is 3.91. The Balaban J connectivity index is 2.11. The molecule has 22 heavy (non-hydrogen) atoms. The van der Waals surface area contributed by atoms with Crippen LogP contribution in [-0.4, -0.2) is 31.3 Å². The summed E-state index contributed by atoms with van der Waals surface area (Å²) in [5, 5.41) is 20.5. The third-order valence-corrected chi connectivity index (χ3v) is 3.37. The Morgan fingerprint density at radius 1 is 1.00 bits per heavy atom. The minimum Gasteiger partial charge on any atom is -0.480 e. The number of nitrogens with zero attached hydrogens (tertiary/aromatic N) is 4. The second kappa shape index (κ2) is 6.17. The maximum absolute atomic E-state index is 11.0. The highest BCUT2D eigenvalue weighted by atomic mass is 16.4. The van der Waals surface area contributed by atoms with Gasteiger partial charge in [0.1, 0.15) is 6.54 Å². The summed E-state index contributed by atoms with van der Waals surface area (Å²) in [5.41, 5.74) is 2.02. The van der Waals surface area contributed by atoms with E-state index in [0.717, 1.165) is 11.1 Å². The summed E-state index contributed by atoms with van der Waals surface area (Å²) < 4.78 is 1.33. The van der Waals surface area contributed by atoms with Crippen molar-refractivity contribution >= 4 is 5.97 Å². The fourth-order valence-electron chi connectivity index (χ4n) is 2.44. The predicted molar refractivity (Wildman–Crippen MR) is 79.3 cm³/mol. The van der Waals surface area contributed by atoms with Gasteiger partial charge < -0.3 is 5.11 Å². The monoisotopic (exact) mass is 294 g/mol. The van der Waals surface area contributed by atoms with Gasteiger partial charge >= 0.3 is 5.97 Å². The normalized spacial score (nSPS) is 10.8. The van der Waals surface area contributed by atoms with Gasteiger partial charge in [-0.15, -0.1) is 5.10 Å². The highest BCUT2D eigenvalue weighted by molar-refractivity contribution is 5.66. The lowest BCUT2D eigenvalue weighted by Crippen LogP contribution is -2.17. The summed E-state index contributed by atoms with van der Waals surface area (Å²) in [5.74, 6) is -0.676. The number of aromatic nitrogens is 4. The number of rotatable bonds is 5. The van der Waals surface area contributed by atoms with Crippen molar-refractivity contribution < 1.29 is 9.90 Å². The van der Waals surface area contributed by atoms with Crippen LogP contribution in [0.3, 0.4) is 0 Å². The van der Waals surface area contributed by atoms with Crippen LogP contribution >= 0.6 is 0 Å². The Morgan fingerprint density at radius 2 is 1.55 bits per heavy atom. The van der Waals surface area contributed by atoms with Crippen molar-refractivity contribution in [2.75, 3.05) is 0 Å². The van der Waals surface area contributed by atoms with Crippen LogP contribution in [0.2, 0.25) is 0 Å². The number of carboxylic acids is 1. The van der Waals surface area contributed by atoms with E-state index in [1.54, 1.807) is 0 Å². The average molecular weight is 294 g/mol. The topological polar surface area (TPSA) is 80.9 Å². The van der Waals surface area contributed by atoms with Gasteiger partial charge in [-0.1, -0.05) is 60.7 Å². The van der Waals surface area contributed by atoms with Crippen LogP contribution < -0.4 is 0 Å². The van der Waals surface area contributed by atoms with Gasteiger partial charge in [-0.25, -0.2) is 4.68 Å².